The first kappa shape index (κ1) is 33.0. The van der Waals surface area contributed by atoms with Gasteiger partial charge in [-0.05, 0) is 66.4 Å². The van der Waals surface area contributed by atoms with Crippen LogP contribution < -0.4 is 16.0 Å². The third kappa shape index (κ3) is 15.7. The number of nitrogens with zero attached hydrogens (tertiary/aromatic N) is 1. The van der Waals surface area contributed by atoms with Crippen LogP contribution in [0.4, 0.5) is 4.79 Å². The maximum absolute atomic E-state index is 13.2. The van der Waals surface area contributed by atoms with Gasteiger partial charge in [-0.25, -0.2) is 4.79 Å². The Morgan fingerprint density at radius 3 is 2.05 bits per heavy atom. The zero-order chi connectivity index (χ0) is 28.1. The number of ether oxygens (including phenoxy) is 3. The average molecular weight is 547 g/mol. The molecule has 0 spiro atoms. The number of carbonyl (C=O) groups is 4. The van der Waals surface area contributed by atoms with E-state index in [2.05, 4.69) is 20.9 Å². The van der Waals surface area contributed by atoms with E-state index in [4.69, 9.17) is 14.2 Å². The van der Waals surface area contributed by atoms with E-state index in [9.17, 15) is 19.2 Å². The van der Waals surface area contributed by atoms with Gasteiger partial charge in [0.15, 0.2) is 0 Å². The van der Waals surface area contributed by atoms with Crippen molar-refractivity contribution < 1.29 is 33.4 Å². The minimum absolute atomic E-state index is 0.00606. The van der Waals surface area contributed by atoms with Gasteiger partial charge in [-0.15, -0.1) is 0 Å². The maximum atomic E-state index is 13.2. The SMILES string of the molecule is CSCC[C@H](NC(=O)[C@H](CCC(=O)OC(C)(C)C)NC(=O)OC(C)(C)C)C(=O)NCCN1CCOCC1. The Morgan fingerprint density at radius 1 is 0.892 bits per heavy atom. The number of alkyl carbamates (subject to hydrolysis) is 1. The van der Waals surface area contributed by atoms with Gasteiger partial charge < -0.3 is 30.2 Å². The summed E-state index contributed by atoms with van der Waals surface area (Å²) in [5, 5.41) is 8.20. The summed E-state index contributed by atoms with van der Waals surface area (Å²) in [6, 6.07) is -1.87. The van der Waals surface area contributed by atoms with Crippen molar-refractivity contribution in [3.8, 4) is 0 Å². The molecule has 1 aliphatic heterocycles. The number of carbonyl (C=O) groups excluding carboxylic acids is 4. The van der Waals surface area contributed by atoms with Crippen molar-refractivity contribution in [2.24, 2.45) is 0 Å². The van der Waals surface area contributed by atoms with Crippen LogP contribution in [0.25, 0.3) is 0 Å². The summed E-state index contributed by atoms with van der Waals surface area (Å²) >= 11 is 1.56. The van der Waals surface area contributed by atoms with Gasteiger partial charge in [-0.2, -0.15) is 11.8 Å². The summed E-state index contributed by atoms with van der Waals surface area (Å²) in [6.07, 6.45) is 1.46. The number of amides is 3. The number of thioether (sulfide) groups is 1. The topological polar surface area (TPSA) is 135 Å². The Kier molecular flexibility index (Phi) is 14.3. The van der Waals surface area contributed by atoms with Crippen molar-refractivity contribution in [1.29, 1.82) is 0 Å². The third-order valence-corrected chi connectivity index (χ3v) is 5.78. The minimum atomic E-state index is -1.08. The van der Waals surface area contributed by atoms with E-state index >= 15 is 0 Å². The quantitative estimate of drug-likeness (QED) is 0.295. The molecule has 0 aliphatic carbocycles. The van der Waals surface area contributed by atoms with E-state index in [1.165, 1.54) is 0 Å². The molecule has 37 heavy (non-hydrogen) atoms. The van der Waals surface area contributed by atoms with Crippen LogP contribution in [0.3, 0.4) is 0 Å². The number of morpholine rings is 1. The Labute approximate surface area is 225 Å². The van der Waals surface area contributed by atoms with Gasteiger partial charge in [0.05, 0.1) is 13.2 Å². The molecule has 1 aliphatic rings. The van der Waals surface area contributed by atoms with Crippen LogP contribution in [0.1, 0.15) is 60.8 Å². The lowest BCUT2D eigenvalue weighted by Crippen LogP contribution is -2.55. The molecule has 0 aromatic heterocycles. The monoisotopic (exact) mass is 546 g/mol. The fourth-order valence-electron chi connectivity index (χ4n) is 3.44. The summed E-state index contributed by atoms with van der Waals surface area (Å²) in [4.78, 5) is 53.0. The van der Waals surface area contributed by atoms with Crippen LogP contribution in [-0.2, 0) is 28.6 Å². The van der Waals surface area contributed by atoms with Gasteiger partial charge in [0.2, 0.25) is 11.8 Å². The van der Waals surface area contributed by atoms with E-state index in [1.54, 1.807) is 53.3 Å². The highest BCUT2D eigenvalue weighted by Gasteiger charge is 2.29. The third-order valence-electron chi connectivity index (χ3n) is 5.14. The van der Waals surface area contributed by atoms with Gasteiger partial charge in [0.25, 0.3) is 0 Å². The van der Waals surface area contributed by atoms with E-state index < -0.39 is 41.3 Å². The molecule has 3 amide bonds. The number of rotatable bonds is 13. The summed E-state index contributed by atoms with van der Waals surface area (Å²) in [5.41, 5.74) is -1.44. The molecule has 2 atom stereocenters. The molecule has 0 saturated carbocycles. The summed E-state index contributed by atoms with van der Waals surface area (Å²) in [7, 11) is 0. The molecule has 0 radical (unpaired) electrons. The van der Waals surface area contributed by atoms with Gasteiger partial charge >= 0.3 is 12.1 Å². The van der Waals surface area contributed by atoms with Crippen molar-refractivity contribution in [1.82, 2.24) is 20.9 Å². The first-order valence-corrected chi connectivity index (χ1v) is 14.2. The minimum Gasteiger partial charge on any atom is -0.460 e. The van der Waals surface area contributed by atoms with Crippen LogP contribution in [0.5, 0.6) is 0 Å². The van der Waals surface area contributed by atoms with Crippen molar-refractivity contribution in [2.45, 2.75) is 84.1 Å². The molecule has 12 heteroatoms. The van der Waals surface area contributed by atoms with E-state index in [0.29, 0.717) is 38.5 Å². The van der Waals surface area contributed by atoms with Gasteiger partial charge in [-0.1, -0.05) is 0 Å². The largest absolute Gasteiger partial charge is 0.460 e. The first-order chi connectivity index (χ1) is 17.2. The lowest BCUT2D eigenvalue weighted by molar-refractivity contribution is -0.155. The Hall–Kier alpha value is -2.05. The molecule has 1 saturated heterocycles. The number of nitrogens with one attached hydrogen (secondary N) is 3. The van der Waals surface area contributed by atoms with E-state index in [1.807, 2.05) is 6.26 Å². The molecule has 1 rings (SSSR count). The number of hydrogen-bond acceptors (Lipinski definition) is 9. The molecule has 214 valence electrons. The highest BCUT2D eigenvalue weighted by molar-refractivity contribution is 7.98. The van der Waals surface area contributed by atoms with Crippen molar-refractivity contribution >= 4 is 35.6 Å². The summed E-state index contributed by atoms with van der Waals surface area (Å²) in [6.45, 7) is 14.5. The molecule has 3 N–H and O–H groups in total. The predicted molar refractivity (Wildman–Crippen MR) is 143 cm³/mol. The fraction of sp³-hybridized carbons (Fsp3) is 0.840. The molecule has 11 nitrogen and oxygen atoms in total. The van der Waals surface area contributed by atoms with Crippen LogP contribution in [0, 0.1) is 0 Å². The molecular formula is C25H46N4O7S. The van der Waals surface area contributed by atoms with Crippen LogP contribution in [0.15, 0.2) is 0 Å². The second-order valence-corrected chi connectivity index (χ2v) is 11.9. The van der Waals surface area contributed by atoms with E-state index in [0.717, 1.165) is 13.1 Å². The van der Waals surface area contributed by atoms with Gasteiger partial charge in [0.1, 0.15) is 23.3 Å². The Balaban J connectivity index is 2.82. The first-order valence-electron chi connectivity index (χ1n) is 12.8. The Morgan fingerprint density at radius 2 is 1.49 bits per heavy atom. The van der Waals surface area contributed by atoms with Crippen LogP contribution in [0.2, 0.25) is 0 Å². The smallest absolute Gasteiger partial charge is 0.408 e. The highest BCUT2D eigenvalue weighted by atomic mass is 32.2. The van der Waals surface area contributed by atoms with Crippen LogP contribution >= 0.6 is 11.8 Å². The number of hydrogen-bond donors (Lipinski definition) is 3. The van der Waals surface area contributed by atoms with Crippen molar-refractivity contribution in [3.05, 3.63) is 0 Å². The standard InChI is InChI=1S/C25H46N4O7S/c1-24(2,3)35-20(30)9-8-18(28-23(33)36-25(4,5)6)22(32)27-19(10-17-37-7)21(31)26-11-12-29-13-15-34-16-14-29/h18-19H,8-17H2,1-7H3,(H,26,31)(H,27,32)(H,28,33)/t18-,19-/m0/s1. The molecule has 0 aromatic carbocycles. The lowest BCUT2D eigenvalue weighted by Gasteiger charge is -2.27. The van der Waals surface area contributed by atoms with Crippen molar-refractivity contribution in [3.63, 3.8) is 0 Å². The van der Waals surface area contributed by atoms with Gasteiger partial charge in [0, 0.05) is 32.6 Å². The van der Waals surface area contributed by atoms with Gasteiger partial charge in [-0.3, -0.25) is 19.3 Å². The summed E-state index contributed by atoms with van der Waals surface area (Å²) in [5.74, 6) is -0.692. The zero-order valence-electron chi connectivity index (χ0n) is 23.4. The Bertz CT molecular complexity index is 746. The van der Waals surface area contributed by atoms with E-state index in [-0.39, 0.29) is 18.7 Å². The molecular weight excluding hydrogens is 500 g/mol. The molecule has 0 unspecified atom stereocenters. The number of esters is 1. The van der Waals surface area contributed by atoms with Crippen LogP contribution in [-0.4, -0.2) is 103 Å². The maximum Gasteiger partial charge on any atom is 0.408 e. The second kappa shape index (κ2) is 16.0. The normalized spacial score (nSPS) is 16.3. The summed E-state index contributed by atoms with van der Waals surface area (Å²) < 4.78 is 16.0. The average Bonchev–Trinajstić information content (AvgIpc) is 2.77. The van der Waals surface area contributed by atoms with Crippen molar-refractivity contribution in [2.75, 3.05) is 51.4 Å². The predicted octanol–water partition coefficient (Wildman–Crippen LogP) is 1.69. The molecule has 0 aromatic rings. The second-order valence-electron chi connectivity index (χ2n) is 10.9. The fourth-order valence-corrected chi connectivity index (χ4v) is 3.91. The zero-order valence-corrected chi connectivity index (χ0v) is 24.3. The molecule has 0 bridgehead atoms. The molecule has 1 heterocycles. The lowest BCUT2D eigenvalue weighted by atomic mass is 10.1. The highest BCUT2D eigenvalue weighted by Crippen LogP contribution is 2.12. The molecule has 1 fully saturated rings.